The second kappa shape index (κ2) is 8.79. The van der Waals surface area contributed by atoms with Crippen molar-refractivity contribution in [2.24, 2.45) is 0 Å². The van der Waals surface area contributed by atoms with Crippen molar-refractivity contribution in [2.75, 3.05) is 56.5 Å². The van der Waals surface area contributed by atoms with E-state index < -0.39 is 15.9 Å². The summed E-state index contributed by atoms with van der Waals surface area (Å²) in [4.78, 5) is 17.3. The highest BCUT2D eigenvalue weighted by atomic mass is 32.2. The molecule has 0 radical (unpaired) electrons. The molecule has 1 N–H and O–H groups in total. The average molecular weight is 433 g/mol. The molecule has 3 heterocycles. The van der Waals surface area contributed by atoms with Crippen molar-refractivity contribution < 1.29 is 17.6 Å². The normalized spacial score (nSPS) is 19.0. The first kappa shape index (κ1) is 20.9. The highest BCUT2D eigenvalue weighted by Crippen LogP contribution is 2.32. The van der Waals surface area contributed by atoms with Crippen LogP contribution in [0.4, 0.5) is 11.4 Å². The fourth-order valence-corrected chi connectivity index (χ4v) is 5.49. The van der Waals surface area contributed by atoms with Crippen LogP contribution in [0.1, 0.15) is 29.8 Å². The number of sulfonamides is 1. The zero-order chi connectivity index (χ0) is 21.1. The zero-order valence-electron chi connectivity index (χ0n) is 17.2. The Morgan fingerprint density at radius 2 is 1.73 bits per heavy atom. The van der Waals surface area contributed by atoms with Crippen molar-refractivity contribution in [3.63, 3.8) is 0 Å². The van der Waals surface area contributed by atoms with E-state index in [1.807, 2.05) is 0 Å². The van der Waals surface area contributed by atoms with Crippen molar-refractivity contribution in [2.45, 2.75) is 24.2 Å². The minimum absolute atomic E-state index is 0.184. The van der Waals surface area contributed by atoms with Crippen LogP contribution in [0.25, 0.3) is 0 Å². The van der Waals surface area contributed by atoms with Crippen LogP contribution >= 0.6 is 0 Å². The summed E-state index contributed by atoms with van der Waals surface area (Å²) in [6.07, 6.45) is 4.24. The molecular weight excluding hydrogens is 404 g/mol. The zero-order valence-corrected chi connectivity index (χ0v) is 18.0. The molecule has 0 unspecified atom stereocenters. The van der Waals surface area contributed by atoms with E-state index in [-0.39, 0.29) is 10.7 Å². The second-order valence-corrected chi connectivity index (χ2v) is 9.80. The van der Waals surface area contributed by atoms with Gasteiger partial charge in [0.15, 0.2) is 5.76 Å². The average Bonchev–Trinajstić information content (AvgIpc) is 3.30. The van der Waals surface area contributed by atoms with Gasteiger partial charge in [0.2, 0.25) is 10.0 Å². The van der Waals surface area contributed by atoms with Crippen molar-refractivity contribution in [3.8, 4) is 0 Å². The van der Waals surface area contributed by atoms with Gasteiger partial charge in [-0.15, -0.1) is 0 Å². The SMILES string of the molecule is CN1CCN(c2ccc(S(=O)(=O)N3CCCCC3)cc2NC(=O)c2ccco2)CC1. The topological polar surface area (TPSA) is 86.1 Å². The maximum Gasteiger partial charge on any atom is 0.291 e. The number of nitrogens with zero attached hydrogens (tertiary/aromatic N) is 3. The van der Waals surface area contributed by atoms with Gasteiger partial charge in [0, 0.05) is 39.3 Å². The standard InChI is InChI=1S/C21H28N4O4S/c1-23-11-13-24(14-12-23)19-8-7-17(30(27,28)25-9-3-2-4-10-25)16-18(19)22-21(26)20-6-5-15-29-20/h5-8,15-16H,2-4,9-14H2,1H3,(H,22,26). The Labute approximate surface area is 177 Å². The summed E-state index contributed by atoms with van der Waals surface area (Å²) >= 11 is 0. The molecule has 1 aromatic heterocycles. The molecule has 2 aliphatic rings. The molecule has 0 saturated carbocycles. The quantitative estimate of drug-likeness (QED) is 0.781. The Hall–Kier alpha value is -2.36. The van der Waals surface area contributed by atoms with Gasteiger partial charge in [0.25, 0.3) is 5.91 Å². The molecule has 2 aromatic rings. The van der Waals surface area contributed by atoms with Gasteiger partial charge in [0.1, 0.15) is 0 Å². The number of hydrogen-bond donors (Lipinski definition) is 1. The van der Waals surface area contributed by atoms with Gasteiger partial charge < -0.3 is 19.5 Å². The van der Waals surface area contributed by atoms with Crippen LogP contribution in [0.5, 0.6) is 0 Å². The molecule has 30 heavy (non-hydrogen) atoms. The van der Waals surface area contributed by atoms with Gasteiger partial charge in [-0.05, 0) is 50.2 Å². The van der Waals surface area contributed by atoms with Crippen LogP contribution in [-0.2, 0) is 10.0 Å². The number of piperidine rings is 1. The van der Waals surface area contributed by atoms with Crippen LogP contribution in [0.2, 0.25) is 0 Å². The third-order valence-electron chi connectivity index (χ3n) is 5.76. The molecule has 1 aromatic carbocycles. The molecule has 9 heteroatoms. The Balaban J connectivity index is 1.67. The third-order valence-corrected chi connectivity index (χ3v) is 7.65. The largest absolute Gasteiger partial charge is 0.459 e. The predicted molar refractivity (Wildman–Crippen MR) is 115 cm³/mol. The lowest BCUT2D eigenvalue weighted by Crippen LogP contribution is -2.44. The summed E-state index contributed by atoms with van der Waals surface area (Å²) in [5, 5.41) is 2.87. The molecule has 0 spiro atoms. The van der Waals surface area contributed by atoms with Gasteiger partial charge >= 0.3 is 0 Å². The number of anilines is 2. The second-order valence-electron chi connectivity index (χ2n) is 7.87. The van der Waals surface area contributed by atoms with Gasteiger partial charge in [-0.25, -0.2) is 8.42 Å². The smallest absolute Gasteiger partial charge is 0.291 e. The number of likely N-dealkylation sites (N-methyl/N-ethyl adjacent to an activating group) is 1. The number of carbonyl (C=O) groups is 1. The number of rotatable bonds is 5. The van der Waals surface area contributed by atoms with E-state index in [1.165, 1.54) is 6.26 Å². The van der Waals surface area contributed by atoms with Crippen LogP contribution in [0.15, 0.2) is 45.9 Å². The van der Waals surface area contributed by atoms with E-state index in [0.29, 0.717) is 18.8 Å². The van der Waals surface area contributed by atoms with Crippen molar-refractivity contribution in [3.05, 3.63) is 42.4 Å². The molecule has 2 saturated heterocycles. The van der Waals surface area contributed by atoms with E-state index in [9.17, 15) is 13.2 Å². The van der Waals surface area contributed by atoms with Gasteiger partial charge in [-0.1, -0.05) is 6.42 Å². The molecule has 4 rings (SSSR count). The summed E-state index contributed by atoms with van der Waals surface area (Å²) in [5.74, 6) is -0.216. The third kappa shape index (κ3) is 4.38. The van der Waals surface area contributed by atoms with Crippen LogP contribution in [0, 0.1) is 0 Å². The number of benzene rings is 1. The number of carbonyl (C=O) groups excluding carboxylic acids is 1. The predicted octanol–water partition coefficient (Wildman–Crippen LogP) is 2.46. The fourth-order valence-electron chi connectivity index (χ4n) is 3.94. The van der Waals surface area contributed by atoms with Crippen LogP contribution in [0.3, 0.4) is 0 Å². The maximum absolute atomic E-state index is 13.2. The summed E-state index contributed by atoms with van der Waals surface area (Å²) in [7, 11) is -1.52. The summed E-state index contributed by atoms with van der Waals surface area (Å²) in [5.41, 5.74) is 1.31. The molecule has 1 amide bonds. The lowest BCUT2D eigenvalue weighted by atomic mass is 10.2. The van der Waals surface area contributed by atoms with Gasteiger partial charge in [-0.2, -0.15) is 4.31 Å². The Morgan fingerprint density at radius 3 is 2.40 bits per heavy atom. The van der Waals surface area contributed by atoms with Crippen molar-refractivity contribution >= 4 is 27.3 Å². The molecule has 2 aliphatic heterocycles. The van der Waals surface area contributed by atoms with E-state index in [4.69, 9.17) is 4.42 Å². The first-order chi connectivity index (χ1) is 14.4. The van der Waals surface area contributed by atoms with E-state index in [1.54, 1.807) is 34.6 Å². The van der Waals surface area contributed by atoms with E-state index in [0.717, 1.165) is 51.1 Å². The Morgan fingerprint density at radius 1 is 1.00 bits per heavy atom. The minimum Gasteiger partial charge on any atom is -0.459 e. The first-order valence-electron chi connectivity index (χ1n) is 10.4. The molecule has 8 nitrogen and oxygen atoms in total. The summed E-state index contributed by atoms with van der Waals surface area (Å²) in [6, 6.07) is 8.27. The number of furan rings is 1. The number of nitrogens with one attached hydrogen (secondary N) is 1. The number of hydrogen-bond acceptors (Lipinski definition) is 6. The summed E-state index contributed by atoms with van der Waals surface area (Å²) < 4.78 is 33.1. The highest BCUT2D eigenvalue weighted by molar-refractivity contribution is 7.89. The molecule has 0 atom stereocenters. The lowest BCUT2D eigenvalue weighted by Gasteiger charge is -2.35. The monoisotopic (exact) mass is 432 g/mol. The van der Waals surface area contributed by atoms with Crippen molar-refractivity contribution in [1.29, 1.82) is 0 Å². The van der Waals surface area contributed by atoms with Crippen LogP contribution in [-0.4, -0.2) is 69.8 Å². The fraction of sp³-hybridized carbons (Fsp3) is 0.476. The minimum atomic E-state index is -3.60. The molecule has 0 aliphatic carbocycles. The number of amides is 1. The van der Waals surface area contributed by atoms with E-state index >= 15 is 0 Å². The molecule has 0 bridgehead atoms. The maximum atomic E-state index is 13.2. The highest BCUT2D eigenvalue weighted by Gasteiger charge is 2.28. The van der Waals surface area contributed by atoms with Crippen molar-refractivity contribution in [1.82, 2.24) is 9.21 Å². The molecule has 162 valence electrons. The van der Waals surface area contributed by atoms with E-state index in [2.05, 4.69) is 22.2 Å². The first-order valence-corrected chi connectivity index (χ1v) is 11.8. The number of piperazine rings is 1. The van der Waals surface area contributed by atoms with Crippen LogP contribution < -0.4 is 10.2 Å². The summed E-state index contributed by atoms with van der Waals surface area (Å²) in [6.45, 7) is 4.49. The lowest BCUT2D eigenvalue weighted by molar-refractivity contribution is 0.0996. The molecular formula is C21H28N4O4S. The van der Waals surface area contributed by atoms with Gasteiger partial charge in [-0.3, -0.25) is 4.79 Å². The molecule has 2 fully saturated rings. The van der Waals surface area contributed by atoms with Gasteiger partial charge in [0.05, 0.1) is 22.5 Å². The Bertz CT molecular complexity index is 976. The Kier molecular flexibility index (Phi) is 6.12.